The fraction of sp³-hybridized carbons (Fsp3) is 0.694. The van der Waals surface area contributed by atoms with E-state index in [0.29, 0.717) is 88.5 Å². The van der Waals surface area contributed by atoms with E-state index in [4.69, 9.17) is 19.2 Å². The molecule has 4 amide bonds. The molecular weight excluding hydrogens is 927 g/mol. The third kappa shape index (κ3) is 10.9. The van der Waals surface area contributed by atoms with Gasteiger partial charge in [0.2, 0.25) is 37.7 Å². The summed E-state index contributed by atoms with van der Waals surface area (Å²) < 4.78 is 72.9. The minimum atomic E-state index is -4.03. The van der Waals surface area contributed by atoms with Crippen LogP contribution >= 0.6 is 0 Å². The normalized spacial score (nSPS) is 30.3. The smallest absolute Gasteiger partial charge is 0.408 e. The molecule has 2 bridgehead atoms. The third-order valence-electron chi connectivity index (χ3n) is 15.9. The number of carbonyl (C=O) groups is 4. The number of amides is 4. The molecule has 4 heterocycles. The maximum atomic E-state index is 15.2. The van der Waals surface area contributed by atoms with Gasteiger partial charge in [-0.05, 0) is 95.1 Å². The van der Waals surface area contributed by atoms with Crippen molar-refractivity contribution in [3.05, 3.63) is 42.5 Å². The van der Waals surface area contributed by atoms with Gasteiger partial charge in [0.15, 0.2) is 0 Å². The number of rotatable bonds is 13. The number of hydrogen-bond acceptors (Lipinski definition) is 13. The highest BCUT2D eigenvalue weighted by Gasteiger charge is 2.63. The molecular formula is C49H69N7O11S2. The molecule has 378 valence electrons. The Bertz CT molecular complexity index is 2530. The standard InChI is InChI=1S/C49H69N7O11S2/c1-4-34-30-49(34,46(59)53-69(63,64)48(2)20-21-48)52-43(57)39-29-35-31-56(39)45(58)41(32-14-7-5-8-15-32)51-47(60)67-40-28-33(40)16-9-6-10-18-37-42(36-17-11-12-19-38(36)50-44(37)66-35)65-27-13-22-54-23-25-55(26-24-54)68(3,61)62/h4,11-12,17,19,32-35,39-41H,1,5-10,13-16,18,20-31H2,2-3H3,(H,51,60)(H,52,57)(H,53,59)/t33-,34-,35-,39+,40-,41+,49-/m1/s1. The molecule has 20 heteroatoms. The molecule has 2 aromatic rings. The molecule has 7 aliphatic rings. The Morgan fingerprint density at radius 3 is 2.36 bits per heavy atom. The quantitative estimate of drug-likeness (QED) is 0.190. The maximum absolute atomic E-state index is 15.2. The Labute approximate surface area is 406 Å². The van der Waals surface area contributed by atoms with E-state index in [9.17, 15) is 31.2 Å². The van der Waals surface area contributed by atoms with Crippen molar-refractivity contribution in [1.82, 2.24) is 34.4 Å². The van der Waals surface area contributed by atoms with Crippen molar-refractivity contribution in [1.29, 1.82) is 0 Å². The first-order valence-electron chi connectivity index (χ1n) is 25.2. The summed E-state index contributed by atoms with van der Waals surface area (Å²) in [5.41, 5.74) is -0.153. The van der Waals surface area contributed by atoms with Gasteiger partial charge in [0.1, 0.15) is 35.6 Å². The Morgan fingerprint density at radius 1 is 0.957 bits per heavy atom. The lowest BCUT2D eigenvalue weighted by Crippen LogP contribution is -2.59. The topological polar surface area (TPSA) is 223 Å². The summed E-state index contributed by atoms with van der Waals surface area (Å²) in [5, 5.41) is 6.68. The van der Waals surface area contributed by atoms with Crippen LogP contribution in [0.1, 0.15) is 109 Å². The van der Waals surface area contributed by atoms with Crippen LogP contribution in [0.5, 0.6) is 11.6 Å². The number of carbonyl (C=O) groups excluding carboxylic acids is 4. The number of sulfonamides is 2. The number of hydrogen-bond donors (Lipinski definition) is 3. The number of nitrogens with zero attached hydrogens (tertiary/aromatic N) is 4. The first kappa shape index (κ1) is 49.5. The Hall–Kier alpha value is -4.53. The van der Waals surface area contributed by atoms with Gasteiger partial charge in [-0.1, -0.05) is 50.3 Å². The first-order valence-corrected chi connectivity index (χ1v) is 28.5. The fourth-order valence-electron chi connectivity index (χ4n) is 11.0. The lowest BCUT2D eigenvalue weighted by atomic mass is 9.83. The zero-order chi connectivity index (χ0) is 48.7. The van der Waals surface area contributed by atoms with Gasteiger partial charge in [-0.3, -0.25) is 19.1 Å². The molecule has 3 aliphatic heterocycles. The fourth-order valence-corrected chi connectivity index (χ4v) is 13.1. The van der Waals surface area contributed by atoms with Gasteiger partial charge in [0.05, 0.1) is 35.2 Å². The molecule has 1 aromatic heterocycles. The van der Waals surface area contributed by atoms with E-state index in [1.807, 2.05) is 24.3 Å². The SMILES string of the molecule is C=C[C@@H]1C[C@]1(NC(=O)[C@@H]1C[C@@H]2CN1C(=O)[C@H](C1CCCCC1)NC(=O)O[C@@H]1C[C@H]1CCCCCc1c(nc3ccccc3c1OCCCN1CCN(S(C)(=O)=O)CC1)O2)C(=O)NS(=O)(=O)C1(C)CC1. The van der Waals surface area contributed by atoms with E-state index >= 15 is 4.79 Å². The molecule has 4 saturated carbocycles. The second-order valence-electron chi connectivity index (χ2n) is 20.9. The average molecular weight is 996 g/mol. The van der Waals surface area contributed by atoms with E-state index in [2.05, 4.69) is 26.8 Å². The van der Waals surface area contributed by atoms with E-state index < -0.39 is 78.3 Å². The summed E-state index contributed by atoms with van der Waals surface area (Å²) in [6, 6.07) is 5.57. The molecule has 4 aliphatic carbocycles. The molecule has 0 radical (unpaired) electrons. The summed E-state index contributed by atoms with van der Waals surface area (Å²) in [4.78, 5) is 66.3. The van der Waals surface area contributed by atoms with Crippen molar-refractivity contribution in [2.45, 2.75) is 144 Å². The molecule has 7 atom stereocenters. The van der Waals surface area contributed by atoms with Crippen LogP contribution in [0.2, 0.25) is 0 Å². The Balaban J connectivity index is 1.01. The van der Waals surface area contributed by atoms with Gasteiger partial charge in [-0.2, -0.15) is 4.31 Å². The lowest BCUT2D eigenvalue weighted by Gasteiger charge is -2.34. The highest BCUT2D eigenvalue weighted by Crippen LogP contribution is 2.48. The summed E-state index contributed by atoms with van der Waals surface area (Å²) >= 11 is 0. The van der Waals surface area contributed by atoms with Crippen LogP contribution in [0.15, 0.2) is 36.9 Å². The van der Waals surface area contributed by atoms with Crippen molar-refractivity contribution in [2.75, 3.05) is 52.1 Å². The molecule has 9 rings (SSSR count). The van der Waals surface area contributed by atoms with Crippen LogP contribution in [0.3, 0.4) is 0 Å². The zero-order valence-electron chi connectivity index (χ0n) is 40.0. The number of benzene rings is 1. The van der Waals surface area contributed by atoms with Crippen LogP contribution in [-0.4, -0.2) is 146 Å². The number of fused-ring (bicyclic) bond motifs is 5. The number of piperazine rings is 1. The zero-order valence-corrected chi connectivity index (χ0v) is 41.6. The Kier molecular flexibility index (Phi) is 14.3. The second-order valence-corrected chi connectivity index (χ2v) is 25.1. The van der Waals surface area contributed by atoms with E-state index in [1.165, 1.54) is 21.5 Å². The molecule has 0 spiro atoms. The van der Waals surface area contributed by atoms with Crippen molar-refractivity contribution in [2.24, 2.45) is 17.8 Å². The van der Waals surface area contributed by atoms with Crippen LogP contribution < -0.4 is 24.8 Å². The van der Waals surface area contributed by atoms with Gasteiger partial charge in [0, 0.05) is 50.4 Å². The number of pyridine rings is 1. The van der Waals surface area contributed by atoms with Crippen molar-refractivity contribution in [3.63, 3.8) is 0 Å². The average Bonchev–Trinajstić information content (AvgIpc) is 4.29. The monoisotopic (exact) mass is 995 g/mol. The summed E-state index contributed by atoms with van der Waals surface area (Å²) in [7, 11) is -7.27. The Morgan fingerprint density at radius 2 is 1.67 bits per heavy atom. The molecule has 1 aromatic carbocycles. The lowest BCUT2D eigenvalue weighted by molar-refractivity contribution is -0.142. The van der Waals surface area contributed by atoms with Gasteiger partial charge < -0.3 is 34.6 Å². The minimum Gasteiger partial charge on any atom is -0.492 e. The van der Waals surface area contributed by atoms with Crippen molar-refractivity contribution in [3.8, 4) is 11.6 Å². The number of alkyl carbamates (subject to hydrolysis) is 1. The summed E-state index contributed by atoms with van der Waals surface area (Å²) in [6.07, 6.45) is 11.9. The number of para-hydroxylation sites is 1. The van der Waals surface area contributed by atoms with Crippen LogP contribution in [-0.2, 0) is 45.6 Å². The molecule has 69 heavy (non-hydrogen) atoms. The van der Waals surface area contributed by atoms with E-state index in [-0.39, 0.29) is 37.3 Å². The predicted octanol–water partition coefficient (Wildman–Crippen LogP) is 4.17. The highest BCUT2D eigenvalue weighted by atomic mass is 32.2. The molecule has 2 saturated heterocycles. The van der Waals surface area contributed by atoms with E-state index in [1.54, 1.807) is 6.92 Å². The van der Waals surface area contributed by atoms with Crippen LogP contribution in [0, 0.1) is 17.8 Å². The van der Waals surface area contributed by atoms with Crippen LogP contribution in [0.25, 0.3) is 10.9 Å². The molecule has 0 unspecified atom stereocenters. The predicted molar refractivity (Wildman–Crippen MR) is 257 cm³/mol. The number of aromatic nitrogens is 1. The second kappa shape index (κ2) is 19.9. The van der Waals surface area contributed by atoms with E-state index in [0.717, 1.165) is 68.9 Å². The van der Waals surface area contributed by atoms with Gasteiger partial charge in [-0.15, -0.1) is 6.58 Å². The van der Waals surface area contributed by atoms with Gasteiger partial charge >= 0.3 is 6.09 Å². The number of nitrogens with one attached hydrogen (secondary N) is 3. The first-order chi connectivity index (χ1) is 33.0. The number of ether oxygens (including phenoxy) is 3. The molecule has 6 fully saturated rings. The maximum Gasteiger partial charge on any atom is 0.408 e. The summed E-state index contributed by atoms with van der Waals surface area (Å²) in [5.74, 6) is -1.45. The van der Waals surface area contributed by atoms with Crippen molar-refractivity contribution < 1.29 is 50.2 Å². The molecule has 3 N–H and O–H groups in total. The third-order valence-corrected chi connectivity index (χ3v) is 19.3. The van der Waals surface area contributed by atoms with Crippen LogP contribution in [0.4, 0.5) is 4.79 Å². The van der Waals surface area contributed by atoms with Crippen molar-refractivity contribution >= 4 is 54.8 Å². The summed E-state index contributed by atoms with van der Waals surface area (Å²) in [6.45, 7) is 8.70. The molecule has 18 nitrogen and oxygen atoms in total. The largest absolute Gasteiger partial charge is 0.492 e. The van der Waals surface area contributed by atoms with Gasteiger partial charge in [0.25, 0.3) is 5.91 Å². The van der Waals surface area contributed by atoms with Gasteiger partial charge in [-0.25, -0.2) is 26.6 Å². The minimum absolute atomic E-state index is 0.0206. The highest BCUT2D eigenvalue weighted by molar-refractivity contribution is 7.91.